The summed E-state index contributed by atoms with van der Waals surface area (Å²) in [5.74, 6) is -0.735. The molecular formula is C22H23FN2O5S2. The van der Waals surface area contributed by atoms with E-state index in [1.807, 2.05) is 6.92 Å². The number of hydrogen-bond acceptors (Lipinski definition) is 6. The van der Waals surface area contributed by atoms with Gasteiger partial charge in [-0.15, -0.1) is 0 Å². The number of pyridine rings is 1. The number of rotatable bonds is 10. The van der Waals surface area contributed by atoms with Gasteiger partial charge in [-0.3, -0.25) is 4.98 Å². The zero-order valence-electron chi connectivity index (χ0n) is 17.3. The zero-order chi connectivity index (χ0) is 23.2. The van der Waals surface area contributed by atoms with E-state index in [-0.39, 0.29) is 10.5 Å². The van der Waals surface area contributed by atoms with Crippen molar-refractivity contribution in [3.8, 4) is 5.75 Å². The third kappa shape index (κ3) is 5.90. The second kappa shape index (κ2) is 10.2. The summed E-state index contributed by atoms with van der Waals surface area (Å²) in [6, 6.07) is 14.6. The Kier molecular flexibility index (Phi) is 7.60. The first-order chi connectivity index (χ1) is 15.2. The molecule has 1 unspecified atom stereocenters. The Morgan fingerprint density at radius 1 is 1.00 bits per heavy atom. The normalized spacial score (nSPS) is 12.9. The summed E-state index contributed by atoms with van der Waals surface area (Å²) >= 11 is 0. The largest absolute Gasteiger partial charge is 0.494 e. The van der Waals surface area contributed by atoms with Crippen molar-refractivity contribution in [2.45, 2.75) is 22.8 Å². The number of halogens is 1. The van der Waals surface area contributed by atoms with Gasteiger partial charge in [0.1, 0.15) is 16.8 Å². The highest BCUT2D eigenvalue weighted by atomic mass is 32.2. The molecule has 32 heavy (non-hydrogen) atoms. The Hall–Kier alpha value is -2.82. The maximum Gasteiger partial charge on any atom is 0.215 e. The first-order valence-corrected chi connectivity index (χ1v) is 13.0. The van der Waals surface area contributed by atoms with E-state index in [9.17, 15) is 21.2 Å². The Labute approximate surface area is 187 Å². The van der Waals surface area contributed by atoms with E-state index in [1.165, 1.54) is 48.8 Å². The first-order valence-electron chi connectivity index (χ1n) is 9.80. The Balaban J connectivity index is 1.87. The van der Waals surface area contributed by atoms with E-state index in [4.69, 9.17) is 4.74 Å². The maximum atomic E-state index is 13.9. The molecule has 0 fully saturated rings. The smallest absolute Gasteiger partial charge is 0.215 e. The topological polar surface area (TPSA) is 102 Å². The molecule has 3 aromatic rings. The summed E-state index contributed by atoms with van der Waals surface area (Å²) < 4.78 is 73.4. The number of nitrogens with zero attached hydrogens (tertiary/aromatic N) is 1. The summed E-state index contributed by atoms with van der Waals surface area (Å²) in [7, 11) is -8.00. The molecule has 1 heterocycles. The van der Waals surface area contributed by atoms with Gasteiger partial charge in [-0.2, -0.15) is 0 Å². The first kappa shape index (κ1) is 23.8. The van der Waals surface area contributed by atoms with Crippen molar-refractivity contribution < 1.29 is 26.0 Å². The number of aromatic nitrogens is 1. The number of ether oxygens (including phenoxy) is 1. The van der Waals surface area contributed by atoms with Gasteiger partial charge in [-0.25, -0.2) is 25.9 Å². The summed E-state index contributed by atoms with van der Waals surface area (Å²) in [5.41, 5.74) is 0.322. The highest BCUT2D eigenvalue weighted by molar-refractivity contribution is 7.92. The highest BCUT2D eigenvalue weighted by Crippen LogP contribution is 2.29. The third-order valence-electron chi connectivity index (χ3n) is 4.69. The lowest BCUT2D eigenvalue weighted by atomic mass is 10.2. The van der Waals surface area contributed by atoms with Crippen LogP contribution in [0, 0.1) is 5.82 Å². The molecule has 0 radical (unpaired) electrons. The summed E-state index contributed by atoms with van der Waals surface area (Å²) in [6.45, 7) is 1.82. The van der Waals surface area contributed by atoms with Gasteiger partial charge in [-0.05, 0) is 48.9 Å². The number of benzene rings is 2. The minimum absolute atomic E-state index is 0.00713. The van der Waals surface area contributed by atoms with Gasteiger partial charge in [-0.1, -0.05) is 24.3 Å². The molecule has 170 valence electrons. The van der Waals surface area contributed by atoms with Crippen LogP contribution in [0.4, 0.5) is 4.39 Å². The molecule has 0 amide bonds. The van der Waals surface area contributed by atoms with Crippen molar-refractivity contribution in [3.05, 3.63) is 90.0 Å². The molecule has 1 atom stereocenters. The van der Waals surface area contributed by atoms with Gasteiger partial charge in [0, 0.05) is 24.5 Å². The lowest BCUT2D eigenvalue weighted by Gasteiger charge is -2.19. The van der Waals surface area contributed by atoms with Gasteiger partial charge in [0.25, 0.3) is 0 Å². The van der Waals surface area contributed by atoms with Crippen molar-refractivity contribution in [3.63, 3.8) is 0 Å². The van der Waals surface area contributed by atoms with E-state index < -0.39 is 43.2 Å². The quantitative estimate of drug-likeness (QED) is 0.480. The lowest BCUT2D eigenvalue weighted by molar-refractivity contribution is 0.340. The number of nitrogens with one attached hydrogen (secondary N) is 1. The number of hydrogen-bond donors (Lipinski definition) is 1. The molecular weight excluding hydrogens is 455 g/mol. The van der Waals surface area contributed by atoms with Crippen LogP contribution in [0.2, 0.25) is 0 Å². The second-order valence-corrected chi connectivity index (χ2v) is 10.9. The average molecular weight is 479 g/mol. The van der Waals surface area contributed by atoms with Gasteiger partial charge >= 0.3 is 0 Å². The molecule has 10 heteroatoms. The average Bonchev–Trinajstić information content (AvgIpc) is 2.76. The lowest BCUT2D eigenvalue weighted by Crippen LogP contribution is -2.33. The minimum atomic E-state index is -4.01. The van der Waals surface area contributed by atoms with Gasteiger partial charge in [0.15, 0.2) is 9.84 Å². The second-order valence-electron chi connectivity index (χ2n) is 6.92. The Bertz CT molecular complexity index is 1250. The van der Waals surface area contributed by atoms with Crippen molar-refractivity contribution in [2.75, 3.05) is 13.2 Å². The molecule has 1 aromatic heterocycles. The standard InChI is InChI=1S/C22H23FN2O5S2/c1-2-30-19-9-11-20(12-10-19)32(28,29)22(17-7-5-13-24-14-17)15-25-31(26,27)16-18-6-3-4-8-21(18)23/h3-14,22,25H,2,15-16H2,1H3. The number of sulfonamides is 1. The minimum Gasteiger partial charge on any atom is -0.494 e. The summed E-state index contributed by atoms with van der Waals surface area (Å²) in [4.78, 5) is 3.98. The molecule has 0 saturated carbocycles. The van der Waals surface area contributed by atoms with Crippen molar-refractivity contribution >= 4 is 19.9 Å². The predicted octanol–water partition coefficient (Wildman–Crippen LogP) is 3.25. The highest BCUT2D eigenvalue weighted by Gasteiger charge is 2.31. The van der Waals surface area contributed by atoms with E-state index in [0.717, 1.165) is 0 Å². The van der Waals surface area contributed by atoms with Crippen LogP contribution >= 0.6 is 0 Å². The van der Waals surface area contributed by atoms with Crippen molar-refractivity contribution in [1.82, 2.24) is 9.71 Å². The Morgan fingerprint density at radius 2 is 1.72 bits per heavy atom. The molecule has 1 N–H and O–H groups in total. The predicted molar refractivity (Wildman–Crippen MR) is 119 cm³/mol. The molecule has 0 spiro atoms. The third-order valence-corrected chi connectivity index (χ3v) is 8.10. The fraction of sp³-hybridized carbons (Fsp3) is 0.227. The van der Waals surface area contributed by atoms with Crippen LogP contribution in [0.25, 0.3) is 0 Å². The van der Waals surface area contributed by atoms with Gasteiger partial charge in [0.05, 0.1) is 17.3 Å². The molecule has 0 bridgehead atoms. The van der Waals surface area contributed by atoms with E-state index in [2.05, 4.69) is 9.71 Å². The van der Waals surface area contributed by atoms with Crippen LogP contribution in [0.3, 0.4) is 0 Å². The van der Waals surface area contributed by atoms with Crippen molar-refractivity contribution in [2.24, 2.45) is 0 Å². The molecule has 2 aromatic carbocycles. The fourth-order valence-electron chi connectivity index (χ4n) is 3.10. The van der Waals surface area contributed by atoms with Crippen LogP contribution in [-0.2, 0) is 25.6 Å². The Morgan fingerprint density at radius 3 is 2.34 bits per heavy atom. The fourth-order valence-corrected chi connectivity index (χ4v) is 6.02. The van der Waals surface area contributed by atoms with Gasteiger partial charge < -0.3 is 4.74 Å². The van der Waals surface area contributed by atoms with E-state index >= 15 is 0 Å². The van der Waals surface area contributed by atoms with Crippen molar-refractivity contribution in [1.29, 1.82) is 0 Å². The zero-order valence-corrected chi connectivity index (χ0v) is 18.9. The van der Waals surface area contributed by atoms with Crippen LogP contribution < -0.4 is 9.46 Å². The number of sulfone groups is 1. The van der Waals surface area contributed by atoms with Crippen LogP contribution in [0.1, 0.15) is 23.3 Å². The van der Waals surface area contributed by atoms with E-state index in [1.54, 1.807) is 24.3 Å². The van der Waals surface area contributed by atoms with Gasteiger partial charge in [0.2, 0.25) is 10.0 Å². The van der Waals surface area contributed by atoms with E-state index in [0.29, 0.717) is 17.9 Å². The molecule has 0 aliphatic carbocycles. The van der Waals surface area contributed by atoms with Crippen LogP contribution in [-0.4, -0.2) is 35.0 Å². The molecule has 3 rings (SSSR count). The van der Waals surface area contributed by atoms with Crippen LogP contribution in [0.5, 0.6) is 5.75 Å². The SMILES string of the molecule is CCOc1ccc(S(=O)(=O)C(CNS(=O)(=O)Cc2ccccc2F)c2cccnc2)cc1. The maximum absolute atomic E-state index is 13.9. The molecule has 0 aliphatic rings. The molecule has 0 saturated heterocycles. The summed E-state index contributed by atoms with van der Waals surface area (Å²) in [6.07, 6.45) is 2.87. The molecule has 0 aliphatic heterocycles. The monoisotopic (exact) mass is 478 g/mol. The molecule has 7 nitrogen and oxygen atoms in total. The summed E-state index contributed by atoms with van der Waals surface area (Å²) in [5, 5.41) is -1.23. The van der Waals surface area contributed by atoms with Crippen LogP contribution in [0.15, 0.2) is 78.0 Å².